The normalized spacial score (nSPS) is 20.9. The second-order valence-electron chi connectivity index (χ2n) is 10.6. The van der Waals surface area contributed by atoms with Crippen molar-refractivity contribution in [1.82, 2.24) is 10.2 Å². The molecule has 1 saturated heterocycles. The third-order valence-corrected chi connectivity index (χ3v) is 9.25. The number of nitrogens with one attached hydrogen (secondary N) is 1. The highest BCUT2D eigenvalue weighted by molar-refractivity contribution is 8.04. The van der Waals surface area contributed by atoms with E-state index >= 15 is 0 Å². The molecule has 1 saturated carbocycles. The Bertz CT molecular complexity index is 1330. The first kappa shape index (κ1) is 27.5. The molecule has 2 amide bonds. The zero-order valence-electron chi connectivity index (χ0n) is 22.3. The van der Waals surface area contributed by atoms with E-state index in [1.165, 1.54) is 12.0 Å². The summed E-state index contributed by atoms with van der Waals surface area (Å²) in [5.74, 6) is 0.00723. The third kappa shape index (κ3) is 7.14. The van der Waals surface area contributed by atoms with Crippen molar-refractivity contribution in [3.8, 4) is 0 Å². The van der Waals surface area contributed by atoms with Crippen molar-refractivity contribution in [2.24, 2.45) is 0 Å². The van der Waals surface area contributed by atoms with Gasteiger partial charge in [-0.2, -0.15) is 0 Å². The monoisotopic (exact) mass is 558 g/mol. The fourth-order valence-corrected chi connectivity index (χ4v) is 7.17. The number of nitrogens with zero attached hydrogens (tertiary/aromatic N) is 1. The van der Waals surface area contributed by atoms with Crippen LogP contribution in [0.5, 0.6) is 0 Å². The van der Waals surface area contributed by atoms with Crippen LogP contribution in [-0.2, 0) is 17.8 Å². The van der Waals surface area contributed by atoms with E-state index < -0.39 is 0 Å². The second-order valence-corrected chi connectivity index (χ2v) is 12.3. The molecule has 202 valence electrons. The number of thioether (sulfide) groups is 1. The smallest absolute Gasteiger partial charge is 0.260 e. The van der Waals surface area contributed by atoms with E-state index in [9.17, 15) is 9.59 Å². The summed E-state index contributed by atoms with van der Waals surface area (Å²) in [4.78, 5) is 29.3. The molecule has 1 aliphatic carbocycles. The highest BCUT2D eigenvalue weighted by Gasteiger charge is 2.40. The summed E-state index contributed by atoms with van der Waals surface area (Å²) in [7, 11) is 0. The van der Waals surface area contributed by atoms with Gasteiger partial charge in [0.2, 0.25) is 0 Å². The molecule has 3 aromatic carbocycles. The van der Waals surface area contributed by atoms with E-state index in [0.29, 0.717) is 22.4 Å². The van der Waals surface area contributed by atoms with Crippen LogP contribution in [0.4, 0.5) is 0 Å². The predicted octanol–water partition coefficient (Wildman–Crippen LogP) is 7.52. The Hall–Kier alpha value is -3.02. The Labute approximate surface area is 240 Å². The number of halogens is 1. The van der Waals surface area contributed by atoms with Gasteiger partial charge in [0.1, 0.15) is 0 Å². The van der Waals surface area contributed by atoms with Crippen molar-refractivity contribution in [3.63, 3.8) is 0 Å². The molecule has 6 heteroatoms. The molecule has 2 fully saturated rings. The Morgan fingerprint density at radius 3 is 2.54 bits per heavy atom. The maximum Gasteiger partial charge on any atom is 0.260 e. The zero-order chi connectivity index (χ0) is 27.2. The molecule has 4 nitrogen and oxygen atoms in total. The van der Waals surface area contributed by atoms with Gasteiger partial charge in [0.05, 0.1) is 4.91 Å². The molecule has 5 rings (SSSR count). The summed E-state index contributed by atoms with van der Waals surface area (Å²) in [6.45, 7) is 2.61. The Morgan fingerprint density at radius 1 is 1.03 bits per heavy atom. The van der Waals surface area contributed by atoms with Crippen LogP contribution in [0.15, 0.2) is 83.8 Å². The number of hydrogen-bond donors (Lipinski definition) is 1. The van der Waals surface area contributed by atoms with Gasteiger partial charge >= 0.3 is 0 Å². The molecule has 0 bridgehead atoms. The predicted molar refractivity (Wildman–Crippen MR) is 162 cm³/mol. The fourth-order valence-electron chi connectivity index (χ4n) is 5.48. The van der Waals surface area contributed by atoms with E-state index in [1.807, 2.05) is 79.7 Å². The van der Waals surface area contributed by atoms with E-state index in [1.54, 1.807) is 11.8 Å². The molecule has 3 unspecified atom stereocenters. The molecule has 1 N–H and O–H groups in total. The SMILES string of the molecule is CC(CCc1ccccc1)NC(=O)c1ccc(/C=C2/SC3CCCCC3N(Cc3cccc(Cl)c3)C2=O)cc1. The lowest BCUT2D eigenvalue weighted by Crippen LogP contribution is -2.50. The third-order valence-electron chi connectivity index (χ3n) is 7.62. The number of benzene rings is 3. The first-order chi connectivity index (χ1) is 19.0. The van der Waals surface area contributed by atoms with Crippen molar-refractivity contribution in [2.45, 2.75) is 69.3 Å². The molecule has 1 aliphatic heterocycles. The van der Waals surface area contributed by atoms with Crippen molar-refractivity contribution in [2.75, 3.05) is 0 Å². The summed E-state index contributed by atoms with van der Waals surface area (Å²) < 4.78 is 0. The molecule has 1 heterocycles. The maximum atomic E-state index is 13.7. The number of fused-ring (bicyclic) bond motifs is 1. The molecular weight excluding hydrogens is 524 g/mol. The fraction of sp³-hybridized carbons (Fsp3) is 0.333. The average Bonchev–Trinajstić information content (AvgIpc) is 2.95. The van der Waals surface area contributed by atoms with Crippen LogP contribution < -0.4 is 5.32 Å². The molecule has 0 spiro atoms. The number of carbonyl (C=O) groups excluding carboxylic acids is 2. The number of rotatable bonds is 8. The van der Waals surface area contributed by atoms with Gasteiger partial charge in [-0.3, -0.25) is 9.59 Å². The highest BCUT2D eigenvalue weighted by atomic mass is 35.5. The van der Waals surface area contributed by atoms with Crippen LogP contribution in [0.1, 0.15) is 66.1 Å². The summed E-state index contributed by atoms with van der Waals surface area (Å²) in [5, 5.41) is 4.21. The van der Waals surface area contributed by atoms with Gasteiger partial charge in [-0.15, -0.1) is 11.8 Å². The Balaban J connectivity index is 1.25. The van der Waals surface area contributed by atoms with Crippen molar-refractivity contribution in [3.05, 3.63) is 111 Å². The van der Waals surface area contributed by atoms with Crippen LogP contribution in [0.25, 0.3) is 6.08 Å². The number of carbonyl (C=O) groups is 2. The molecule has 0 aromatic heterocycles. The lowest BCUT2D eigenvalue weighted by Gasteiger charge is -2.44. The van der Waals surface area contributed by atoms with Crippen LogP contribution in [0.3, 0.4) is 0 Å². The van der Waals surface area contributed by atoms with Gasteiger partial charge < -0.3 is 10.2 Å². The number of hydrogen-bond acceptors (Lipinski definition) is 3. The van der Waals surface area contributed by atoms with Gasteiger partial charge in [0.15, 0.2) is 0 Å². The van der Waals surface area contributed by atoms with Crippen molar-refractivity contribution >= 4 is 41.3 Å². The van der Waals surface area contributed by atoms with Gasteiger partial charge in [-0.25, -0.2) is 0 Å². The minimum absolute atomic E-state index is 0.0735. The molecule has 2 aliphatic rings. The van der Waals surface area contributed by atoms with Crippen LogP contribution >= 0.6 is 23.4 Å². The van der Waals surface area contributed by atoms with Gasteiger partial charge in [0.25, 0.3) is 11.8 Å². The first-order valence-electron chi connectivity index (χ1n) is 13.8. The highest BCUT2D eigenvalue weighted by Crippen LogP contribution is 2.42. The summed E-state index contributed by atoms with van der Waals surface area (Å²) in [6, 6.07) is 26.0. The second kappa shape index (κ2) is 12.9. The minimum Gasteiger partial charge on any atom is -0.350 e. The summed E-state index contributed by atoms with van der Waals surface area (Å²) in [6.07, 6.45) is 8.32. The molecule has 39 heavy (non-hydrogen) atoms. The molecule has 3 atom stereocenters. The van der Waals surface area contributed by atoms with E-state index in [0.717, 1.165) is 48.1 Å². The first-order valence-corrected chi connectivity index (χ1v) is 15.1. The van der Waals surface area contributed by atoms with Gasteiger partial charge in [-0.1, -0.05) is 79.0 Å². The number of aryl methyl sites for hydroxylation is 1. The van der Waals surface area contributed by atoms with E-state index in [4.69, 9.17) is 11.6 Å². The lowest BCUT2D eigenvalue weighted by molar-refractivity contribution is -0.130. The largest absolute Gasteiger partial charge is 0.350 e. The topological polar surface area (TPSA) is 49.4 Å². The quantitative estimate of drug-likeness (QED) is 0.291. The molecular formula is C33H35ClN2O2S. The minimum atomic E-state index is -0.0735. The van der Waals surface area contributed by atoms with Gasteiger partial charge in [0, 0.05) is 34.5 Å². The molecule has 3 aromatic rings. The standard InChI is InChI=1S/C33H35ClN2O2S/c1-23(14-15-24-8-3-2-4-9-24)35-32(37)27-18-16-25(17-19-27)21-31-33(38)36(22-26-10-7-11-28(34)20-26)29-12-5-6-13-30(29)39-31/h2-4,7-11,16-21,23,29-30H,5-6,12-15,22H2,1H3,(H,35,37)/b31-21+. The molecule has 0 radical (unpaired) electrons. The average molecular weight is 559 g/mol. The van der Waals surface area contributed by atoms with Crippen molar-refractivity contribution in [1.29, 1.82) is 0 Å². The van der Waals surface area contributed by atoms with E-state index in [-0.39, 0.29) is 23.9 Å². The Morgan fingerprint density at radius 2 is 1.77 bits per heavy atom. The van der Waals surface area contributed by atoms with Crippen LogP contribution in [-0.4, -0.2) is 34.0 Å². The summed E-state index contributed by atoms with van der Waals surface area (Å²) in [5.41, 5.74) is 3.88. The number of amides is 2. The van der Waals surface area contributed by atoms with E-state index in [2.05, 4.69) is 22.3 Å². The van der Waals surface area contributed by atoms with Crippen LogP contribution in [0.2, 0.25) is 5.02 Å². The van der Waals surface area contributed by atoms with Crippen LogP contribution in [0, 0.1) is 0 Å². The van der Waals surface area contributed by atoms with Gasteiger partial charge in [-0.05, 0) is 79.6 Å². The zero-order valence-corrected chi connectivity index (χ0v) is 23.9. The van der Waals surface area contributed by atoms with Crippen molar-refractivity contribution < 1.29 is 9.59 Å². The Kier molecular flexibility index (Phi) is 9.10. The lowest BCUT2D eigenvalue weighted by atomic mass is 9.92. The summed E-state index contributed by atoms with van der Waals surface area (Å²) >= 11 is 7.95. The maximum absolute atomic E-state index is 13.7.